The minimum Gasteiger partial charge on any atom is -0.394 e. The zero-order valence-corrected chi connectivity index (χ0v) is 21.5. The summed E-state index contributed by atoms with van der Waals surface area (Å²) in [5.74, 6) is -0.306. The van der Waals surface area contributed by atoms with Crippen molar-refractivity contribution in [3.63, 3.8) is 0 Å². The molecule has 2 aliphatic rings. The number of nitrogens with zero attached hydrogens (tertiary/aromatic N) is 5. The molecule has 5 rings (SSSR count). The molecule has 0 bridgehead atoms. The number of aromatic nitrogens is 6. The molecule has 2 aliphatic heterocycles. The lowest BCUT2D eigenvalue weighted by Gasteiger charge is -2.33. The minimum atomic E-state index is -5.33. The molecule has 2 saturated heterocycles. The van der Waals surface area contributed by atoms with Gasteiger partial charge in [0.1, 0.15) is 48.8 Å². The Labute approximate surface area is 227 Å². The van der Waals surface area contributed by atoms with E-state index in [0.717, 1.165) is 10.9 Å². The number of nitrogens with one attached hydrogen (secondary N) is 1. The molecule has 226 valence electrons. The average molecular weight is 606 g/mol. The number of ether oxygens (including phenoxy) is 2. The molecule has 0 spiro atoms. The van der Waals surface area contributed by atoms with E-state index < -0.39 is 80.4 Å². The van der Waals surface area contributed by atoms with Gasteiger partial charge in [0, 0.05) is 6.20 Å². The van der Waals surface area contributed by atoms with Crippen LogP contribution in [-0.2, 0) is 19.5 Å². The predicted molar refractivity (Wildman–Crippen MR) is 132 cm³/mol. The number of H-pyrrole nitrogens is 1. The minimum absolute atomic E-state index is 0.0537. The van der Waals surface area contributed by atoms with Crippen molar-refractivity contribution in [3.8, 4) is 0 Å². The van der Waals surface area contributed by atoms with Crippen molar-refractivity contribution < 1.29 is 54.5 Å². The summed E-state index contributed by atoms with van der Waals surface area (Å²) in [5, 5.41) is 57.5. The van der Waals surface area contributed by atoms with Crippen molar-refractivity contribution in [1.82, 2.24) is 29.1 Å². The summed E-state index contributed by atoms with van der Waals surface area (Å²) in [6.45, 7) is -1.27. The van der Waals surface area contributed by atoms with Gasteiger partial charge >= 0.3 is 13.3 Å². The van der Waals surface area contributed by atoms with Gasteiger partial charge in [0.15, 0.2) is 17.4 Å². The van der Waals surface area contributed by atoms with Crippen molar-refractivity contribution in [2.75, 3.05) is 24.7 Å². The van der Waals surface area contributed by atoms with Gasteiger partial charge in [0.25, 0.3) is 11.0 Å². The van der Waals surface area contributed by atoms with Gasteiger partial charge in [-0.3, -0.25) is 23.5 Å². The Morgan fingerprint density at radius 3 is 2.22 bits per heavy atom. The highest BCUT2D eigenvalue weighted by molar-refractivity contribution is 7.52. The van der Waals surface area contributed by atoms with Gasteiger partial charge < -0.3 is 61.4 Å². The SMILES string of the molecule is Nc1ccn([C@@H]2O[C@H](CO)[C@@H](O)[C@H]2O)c(=O)n1.Nc1nc2c(ncn2[C@]2(P(=O)(O)O)O[C@H](CO)[C@@H](O)[C@H]2O)c(=O)[nH]1. The zero-order valence-electron chi connectivity index (χ0n) is 20.6. The number of hydrogen-bond donors (Lipinski definition) is 11. The molecule has 5 heterocycles. The van der Waals surface area contributed by atoms with Crippen LogP contribution in [0, 0.1) is 0 Å². The quantitative estimate of drug-likeness (QED) is 0.120. The molecule has 2 fully saturated rings. The maximum Gasteiger partial charge on any atom is 0.381 e. The number of anilines is 2. The van der Waals surface area contributed by atoms with Gasteiger partial charge in [-0.1, -0.05) is 0 Å². The summed E-state index contributed by atoms with van der Waals surface area (Å²) in [4.78, 5) is 56.0. The summed E-state index contributed by atoms with van der Waals surface area (Å²) >= 11 is 0. The second-order valence-electron chi connectivity index (χ2n) is 8.99. The summed E-state index contributed by atoms with van der Waals surface area (Å²) in [6.07, 6.45) is -7.88. The van der Waals surface area contributed by atoms with Crippen molar-refractivity contribution in [2.45, 2.75) is 48.3 Å². The number of fused-ring (bicyclic) bond motifs is 1. The third kappa shape index (κ3) is 5.13. The molecule has 0 unspecified atom stereocenters. The number of hydrogen-bond acceptors (Lipinski definition) is 16. The van der Waals surface area contributed by atoms with Gasteiger partial charge in [-0.25, -0.2) is 9.78 Å². The van der Waals surface area contributed by atoms with Gasteiger partial charge in [-0.15, -0.1) is 0 Å². The third-order valence-electron chi connectivity index (χ3n) is 6.43. The summed E-state index contributed by atoms with van der Waals surface area (Å²) < 4.78 is 24.1. The van der Waals surface area contributed by atoms with E-state index >= 15 is 0 Å². The first-order valence-corrected chi connectivity index (χ1v) is 13.2. The summed E-state index contributed by atoms with van der Waals surface area (Å²) in [5.41, 5.74) is 5.77. The van der Waals surface area contributed by atoms with Crippen molar-refractivity contribution in [1.29, 1.82) is 0 Å². The van der Waals surface area contributed by atoms with Gasteiger partial charge in [-0.2, -0.15) is 9.97 Å². The number of rotatable bonds is 5. The van der Waals surface area contributed by atoms with E-state index in [0.29, 0.717) is 4.57 Å². The number of aliphatic hydroxyl groups excluding tert-OH is 6. The van der Waals surface area contributed by atoms with Crippen molar-refractivity contribution >= 4 is 30.5 Å². The van der Waals surface area contributed by atoms with Crippen LogP contribution in [0.3, 0.4) is 0 Å². The first kappa shape index (κ1) is 30.6. The number of aromatic amines is 1. The van der Waals surface area contributed by atoms with Crippen LogP contribution in [0.15, 0.2) is 28.2 Å². The zero-order chi connectivity index (χ0) is 30.4. The highest BCUT2D eigenvalue weighted by Crippen LogP contribution is 2.61. The van der Waals surface area contributed by atoms with E-state index in [9.17, 15) is 49.5 Å². The first-order chi connectivity index (χ1) is 19.2. The average Bonchev–Trinajstić information content (AvgIpc) is 3.53. The van der Waals surface area contributed by atoms with E-state index in [-0.39, 0.29) is 22.9 Å². The number of nitrogens with two attached hydrogens (primary N) is 2. The van der Waals surface area contributed by atoms with E-state index in [1.807, 2.05) is 0 Å². The molecule has 22 heteroatoms. The van der Waals surface area contributed by atoms with Gasteiger partial charge in [-0.05, 0) is 6.07 Å². The molecule has 0 aliphatic carbocycles. The Bertz CT molecular complexity index is 1570. The maximum absolute atomic E-state index is 12.1. The Morgan fingerprint density at radius 1 is 1.02 bits per heavy atom. The fourth-order valence-electron chi connectivity index (χ4n) is 4.40. The number of imidazole rings is 1. The molecular weight excluding hydrogens is 579 g/mol. The van der Waals surface area contributed by atoms with Crippen LogP contribution in [0.4, 0.5) is 11.8 Å². The maximum atomic E-state index is 12.1. The van der Waals surface area contributed by atoms with Crippen molar-refractivity contribution in [2.24, 2.45) is 0 Å². The lowest BCUT2D eigenvalue weighted by atomic mass is 10.1. The molecular formula is C19H27N8O13P. The lowest BCUT2D eigenvalue weighted by molar-refractivity contribution is -0.0985. The standard InChI is InChI=1S/C10H14N5O8P.C9H13N3O5/c11-9-13-7-4(8(19)14-9)12-2-15(7)10(24(20,21)22)6(18)5(17)3(1-16)23-10;10-5-1-2-12(9(16)11-5)8-7(15)6(14)4(3-13)17-8/h2-3,5-6,16-18H,1H2,(H2,20,21,22)(H3,11,13,14,19);1-2,4,6-8,13-15H,3H2,(H2,10,11,16)/t3-,5-,6-,10+;4-,6-,7-,8-/m11/s1. The van der Waals surface area contributed by atoms with E-state index in [4.69, 9.17) is 26.0 Å². The molecule has 0 amide bonds. The fraction of sp³-hybridized carbons (Fsp3) is 0.526. The Kier molecular flexibility index (Phi) is 8.33. The molecule has 3 aromatic heterocycles. The van der Waals surface area contributed by atoms with Crippen LogP contribution < -0.4 is 22.7 Å². The Hall–Kier alpha value is -3.34. The number of aliphatic hydroxyl groups is 6. The van der Waals surface area contributed by atoms with Crippen LogP contribution in [0.1, 0.15) is 6.23 Å². The van der Waals surface area contributed by atoms with Crippen molar-refractivity contribution in [3.05, 3.63) is 39.4 Å². The summed E-state index contributed by atoms with van der Waals surface area (Å²) in [7, 11) is -5.33. The molecule has 21 nitrogen and oxygen atoms in total. The van der Waals surface area contributed by atoms with Crippen LogP contribution in [0.2, 0.25) is 0 Å². The third-order valence-corrected chi connectivity index (χ3v) is 7.85. The molecule has 0 aromatic carbocycles. The number of nitrogen functional groups attached to an aromatic ring is 2. The molecule has 0 radical (unpaired) electrons. The topological polar surface area (TPSA) is 348 Å². The monoisotopic (exact) mass is 606 g/mol. The molecule has 3 aromatic rings. The Morgan fingerprint density at radius 2 is 1.68 bits per heavy atom. The van der Waals surface area contributed by atoms with Crippen LogP contribution >= 0.6 is 7.60 Å². The lowest BCUT2D eigenvalue weighted by Crippen LogP contribution is -2.45. The molecule has 13 N–H and O–H groups in total. The Balaban J connectivity index is 0.000000201. The van der Waals surface area contributed by atoms with E-state index in [1.165, 1.54) is 12.3 Å². The van der Waals surface area contributed by atoms with Crippen LogP contribution in [-0.4, -0.2) is 119 Å². The summed E-state index contributed by atoms with van der Waals surface area (Å²) in [6, 6.07) is 1.37. The van der Waals surface area contributed by atoms with E-state index in [1.54, 1.807) is 0 Å². The predicted octanol–water partition coefficient (Wildman–Crippen LogP) is -5.96. The van der Waals surface area contributed by atoms with Gasteiger partial charge in [0.05, 0.1) is 13.2 Å². The van der Waals surface area contributed by atoms with Crippen LogP contribution in [0.25, 0.3) is 11.2 Å². The molecule has 41 heavy (non-hydrogen) atoms. The second-order valence-corrected chi connectivity index (χ2v) is 10.7. The highest BCUT2D eigenvalue weighted by atomic mass is 31.2. The van der Waals surface area contributed by atoms with Gasteiger partial charge in [0.2, 0.25) is 5.95 Å². The largest absolute Gasteiger partial charge is 0.394 e. The fourth-order valence-corrected chi connectivity index (χ4v) is 5.60. The normalized spacial score (nSPS) is 31.8. The highest BCUT2D eigenvalue weighted by Gasteiger charge is 2.66. The molecule has 8 atom stereocenters. The first-order valence-electron chi connectivity index (χ1n) is 11.6. The smallest absolute Gasteiger partial charge is 0.381 e. The molecule has 0 saturated carbocycles. The van der Waals surface area contributed by atoms with E-state index in [2.05, 4.69) is 19.9 Å². The second kappa shape index (κ2) is 11.2. The van der Waals surface area contributed by atoms with Crippen LogP contribution in [0.5, 0.6) is 0 Å².